The molecule has 112 valence electrons. The second-order valence-corrected chi connectivity index (χ2v) is 4.57. The number of carboxylic acid groups (broad SMARTS) is 2. The van der Waals surface area contributed by atoms with Gasteiger partial charge in [-0.1, -0.05) is 35.0 Å². The Kier molecular flexibility index (Phi) is 7.26. The molecule has 8 heteroatoms. The molecule has 0 aliphatic rings. The quantitative estimate of drug-likeness (QED) is 0.866. The fourth-order valence-corrected chi connectivity index (χ4v) is 1.69. The van der Waals surface area contributed by atoms with E-state index in [9.17, 15) is 18.0 Å². The van der Waals surface area contributed by atoms with Crippen molar-refractivity contribution in [3.8, 4) is 0 Å². The summed E-state index contributed by atoms with van der Waals surface area (Å²) in [4.78, 5) is 19.7. The minimum atomic E-state index is -5.08. The molecule has 0 spiro atoms. The summed E-state index contributed by atoms with van der Waals surface area (Å²) in [7, 11) is 0. The maximum atomic E-state index is 10.8. The van der Waals surface area contributed by atoms with Gasteiger partial charge in [0.05, 0.1) is 5.92 Å². The Labute approximate surface area is 121 Å². The van der Waals surface area contributed by atoms with E-state index < -0.39 is 24.0 Å². The molecule has 0 aliphatic carbocycles. The maximum absolute atomic E-state index is 10.8. The number of carboxylic acids is 2. The van der Waals surface area contributed by atoms with Gasteiger partial charge in [0.1, 0.15) is 0 Å². The Morgan fingerprint density at radius 1 is 1.30 bits per heavy atom. The predicted molar refractivity (Wildman–Crippen MR) is 68.5 cm³/mol. The summed E-state index contributed by atoms with van der Waals surface area (Å²) in [5, 5.41) is 16.0. The highest BCUT2D eigenvalue weighted by molar-refractivity contribution is 9.10. The van der Waals surface area contributed by atoms with Crippen LogP contribution >= 0.6 is 15.9 Å². The van der Waals surface area contributed by atoms with Crippen molar-refractivity contribution < 1.29 is 33.0 Å². The Bertz CT molecular complexity index is 474. The summed E-state index contributed by atoms with van der Waals surface area (Å²) in [6.45, 7) is 1.87. The summed E-state index contributed by atoms with van der Waals surface area (Å²) in [5.41, 5.74) is 0.851. The van der Waals surface area contributed by atoms with Crippen molar-refractivity contribution in [2.75, 3.05) is 0 Å². The fourth-order valence-electron chi connectivity index (χ4n) is 1.28. The van der Waals surface area contributed by atoms with Gasteiger partial charge in [-0.05, 0) is 24.1 Å². The molecule has 0 fully saturated rings. The van der Waals surface area contributed by atoms with Crippen LogP contribution in [0, 0.1) is 0 Å². The molecule has 4 nitrogen and oxygen atoms in total. The normalized spacial score (nSPS) is 12.1. The first-order valence-electron chi connectivity index (χ1n) is 5.38. The van der Waals surface area contributed by atoms with E-state index in [1.807, 2.05) is 31.2 Å². The Hall–Kier alpha value is -1.57. The molecule has 2 N–H and O–H groups in total. The Morgan fingerprint density at radius 2 is 1.80 bits per heavy atom. The third kappa shape index (κ3) is 6.55. The van der Waals surface area contributed by atoms with Crippen molar-refractivity contribution in [1.29, 1.82) is 0 Å². The van der Waals surface area contributed by atoms with Crippen LogP contribution in [0.5, 0.6) is 0 Å². The van der Waals surface area contributed by atoms with Crippen molar-refractivity contribution in [2.45, 2.75) is 25.4 Å². The van der Waals surface area contributed by atoms with Crippen LogP contribution in [0.15, 0.2) is 28.7 Å². The first-order chi connectivity index (χ1) is 9.09. The zero-order valence-electron chi connectivity index (χ0n) is 10.3. The third-order valence-corrected chi connectivity index (χ3v) is 2.69. The second kappa shape index (κ2) is 7.88. The summed E-state index contributed by atoms with van der Waals surface area (Å²) in [5.74, 6) is -3.91. The molecule has 0 amide bonds. The topological polar surface area (TPSA) is 74.6 Å². The number of hydrogen-bond donors (Lipinski definition) is 2. The number of rotatable bonds is 3. The monoisotopic (exact) mass is 356 g/mol. The molecular weight excluding hydrogens is 345 g/mol. The van der Waals surface area contributed by atoms with E-state index in [4.69, 9.17) is 15.0 Å². The Balaban J connectivity index is 0.000000441. The van der Waals surface area contributed by atoms with E-state index in [0.717, 1.165) is 10.0 Å². The third-order valence-electron chi connectivity index (χ3n) is 2.20. The lowest BCUT2D eigenvalue weighted by Crippen LogP contribution is -2.21. The van der Waals surface area contributed by atoms with Crippen LogP contribution in [-0.2, 0) is 9.59 Å². The second-order valence-electron chi connectivity index (χ2n) is 3.66. The summed E-state index contributed by atoms with van der Waals surface area (Å²) in [6, 6.07) is 7.43. The lowest BCUT2D eigenvalue weighted by Gasteiger charge is -2.09. The van der Waals surface area contributed by atoms with Crippen LogP contribution in [0.2, 0.25) is 0 Å². The van der Waals surface area contributed by atoms with Gasteiger partial charge in [0.2, 0.25) is 0 Å². The number of benzene rings is 1. The predicted octanol–water partition coefficient (Wildman–Crippen LogP) is 3.66. The molecular formula is C12H12BrF3O4. The van der Waals surface area contributed by atoms with E-state index in [0.29, 0.717) is 6.42 Å². The number of halogens is 4. The van der Waals surface area contributed by atoms with E-state index in [-0.39, 0.29) is 0 Å². The van der Waals surface area contributed by atoms with Crippen LogP contribution < -0.4 is 0 Å². The van der Waals surface area contributed by atoms with E-state index in [1.54, 1.807) is 0 Å². The molecule has 0 heterocycles. The van der Waals surface area contributed by atoms with E-state index >= 15 is 0 Å². The van der Waals surface area contributed by atoms with Gasteiger partial charge in [0, 0.05) is 4.47 Å². The number of alkyl halides is 3. The van der Waals surface area contributed by atoms with Gasteiger partial charge in [0.25, 0.3) is 0 Å². The van der Waals surface area contributed by atoms with Crippen LogP contribution in [0.1, 0.15) is 24.8 Å². The van der Waals surface area contributed by atoms with Crippen molar-refractivity contribution in [2.24, 2.45) is 0 Å². The first-order valence-corrected chi connectivity index (χ1v) is 6.17. The van der Waals surface area contributed by atoms with Crippen molar-refractivity contribution in [3.05, 3.63) is 34.3 Å². The van der Waals surface area contributed by atoms with Gasteiger partial charge in [-0.3, -0.25) is 4.79 Å². The fraction of sp³-hybridized carbons (Fsp3) is 0.333. The molecule has 1 rings (SSSR count). The molecule has 0 aliphatic heterocycles. The van der Waals surface area contributed by atoms with Crippen molar-refractivity contribution >= 4 is 27.9 Å². The maximum Gasteiger partial charge on any atom is 0.490 e. The van der Waals surface area contributed by atoms with Crippen molar-refractivity contribution in [1.82, 2.24) is 0 Å². The highest BCUT2D eigenvalue weighted by atomic mass is 79.9. The average Bonchev–Trinajstić information content (AvgIpc) is 2.28. The summed E-state index contributed by atoms with van der Waals surface area (Å²) >= 11 is 3.32. The highest BCUT2D eigenvalue weighted by Gasteiger charge is 2.38. The SMILES string of the molecule is CCC(C(=O)O)c1cccc(Br)c1.O=C(O)C(F)(F)F. The smallest absolute Gasteiger partial charge is 0.481 e. The van der Waals surface area contributed by atoms with Crippen LogP contribution in [0.25, 0.3) is 0 Å². The molecule has 0 saturated heterocycles. The zero-order valence-corrected chi connectivity index (χ0v) is 11.9. The van der Waals surface area contributed by atoms with Gasteiger partial charge in [-0.15, -0.1) is 0 Å². The minimum absolute atomic E-state index is 0.391. The number of aliphatic carboxylic acids is 2. The molecule has 1 unspecified atom stereocenters. The Morgan fingerprint density at radius 3 is 2.10 bits per heavy atom. The van der Waals surface area contributed by atoms with Gasteiger partial charge in [-0.2, -0.15) is 13.2 Å². The van der Waals surface area contributed by atoms with Crippen molar-refractivity contribution in [3.63, 3.8) is 0 Å². The van der Waals surface area contributed by atoms with Gasteiger partial charge < -0.3 is 10.2 Å². The molecule has 0 saturated carbocycles. The molecule has 0 aromatic heterocycles. The molecule has 20 heavy (non-hydrogen) atoms. The number of carbonyl (C=O) groups is 2. The van der Waals surface area contributed by atoms with Gasteiger partial charge in [0.15, 0.2) is 0 Å². The van der Waals surface area contributed by atoms with Gasteiger partial charge in [-0.25, -0.2) is 4.79 Å². The average molecular weight is 357 g/mol. The summed E-state index contributed by atoms with van der Waals surface area (Å²) < 4.78 is 32.7. The van der Waals surface area contributed by atoms with Crippen LogP contribution in [0.4, 0.5) is 13.2 Å². The molecule has 1 aromatic rings. The minimum Gasteiger partial charge on any atom is -0.481 e. The lowest BCUT2D eigenvalue weighted by molar-refractivity contribution is -0.192. The first kappa shape index (κ1) is 18.4. The molecule has 0 radical (unpaired) electrons. The van der Waals surface area contributed by atoms with Gasteiger partial charge >= 0.3 is 18.1 Å². The summed E-state index contributed by atoms with van der Waals surface area (Å²) in [6.07, 6.45) is -4.47. The zero-order chi connectivity index (χ0) is 15.9. The lowest BCUT2D eigenvalue weighted by atomic mass is 9.97. The van der Waals surface area contributed by atoms with Crippen LogP contribution in [0.3, 0.4) is 0 Å². The molecule has 1 atom stereocenters. The van der Waals surface area contributed by atoms with Crippen LogP contribution in [-0.4, -0.2) is 28.3 Å². The molecule has 1 aromatic carbocycles. The van der Waals surface area contributed by atoms with E-state index in [1.165, 1.54) is 0 Å². The number of hydrogen-bond acceptors (Lipinski definition) is 2. The largest absolute Gasteiger partial charge is 0.490 e. The van der Waals surface area contributed by atoms with E-state index in [2.05, 4.69) is 15.9 Å². The standard InChI is InChI=1S/C10H11BrO2.C2HF3O2/c1-2-9(10(12)13)7-4-3-5-8(11)6-7;3-2(4,5)1(6)7/h3-6,9H,2H2,1H3,(H,12,13);(H,6,7). The highest BCUT2D eigenvalue weighted by Crippen LogP contribution is 2.22. The molecule has 0 bridgehead atoms.